The molecule has 0 fully saturated rings. The molecule has 0 saturated heterocycles. The van der Waals surface area contributed by atoms with Crippen molar-refractivity contribution in [1.29, 1.82) is 0 Å². The molecule has 1 unspecified atom stereocenters. The molecule has 3 aromatic carbocycles. The summed E-state index contributed by atoms with van der Waals surface area (Å²) < 4.78 is 24.2. The number of fused-ring (bicyclic) bond motifs is 2. The van der Waals surface area contributed by atoms with Crippen LogP contribution in [0.4, 0.5) is 11.5 Å². The molecule has 0 spiro atoms. The third-order valence-electron chi connectivity index (χ3n) is 7.38. The van der Waals surface area contributed by atoms with Crippen LogP contribution >= 0.6 is 0 Å². The average molecular weight is 567 g/mol. The zero-order valence-electron chi connectivity index (χ0n) is 23.8. The van der Waals surface area contributed by atoms with E-state index >= 15 is 0 Å². The standard InChI is InChI=1S/C32H34N6O4/c1-39-13-15-41-30-18-26-27(19-31(30)42-16-14-40-2)33-21-34-32(26)35-24-10-5-9-23(17-24)28-20-38(37-36-28)29-12-6-8-22-7-3-4-11-25(22)29/h3-5,7,9-11,17-21,29H,6,8,12-16H2,1-2H3,(H,33,34,35). The van der Waals surface area contributed by atoms with Gasteiger partial charge in [0.2, 0.25) is 0 Å². The molecule has 0 bridgehead atoms. The SMILES string of the molecule is COCCOc1cc2ncnc(Nc3cccc(-c4cn(C5CCCc6ccccc65)nn4)c3)c2cc1OCCOC. The maximum atomic E-state index is 5.98. The van der Waals surface area contributed by atoms with E-state index in [1.54, 1.807) is 14.2 Å². The van der Waals surface area contributed by atoms with E-state index < -0.39 is 0 Å². The Bertz CT molecular complexity index is 1660. The number of benzene rings is 3. The normalized spacial score (nSPS) is 14.5. The Labute approximate surface area is 244 Å². The van der Waals surface area contributed by atoms with Crippen LogP contribution in [-0.2, 0) is 15.9 Å². The Morgan fingerprint density at radius 2 is 1.69 bits per heavy atom. The van der Waals surface area contributed by atoms with Crippen molar-refractivity contribution in [2.24, 2.45) is 0 Å². The molecule has 1 atom stereocenters. The lowest BCUT2D eigenvalue weighted by Crippen LogP contribution is -2.17. The summed E-state index contributed by atoms with van der Waals surface area (Å²) in [6, 6.07) is 20.7. The van der Waals surface area contributed by atoms with Gasteiger partial charge in [-0.15, -0.1) is 5.10 Å². The molecule has 1 aliphatic carbocycles. The predicted octanol–water partition coefficient (Wildman–Crippen LogP) is 5.61. The topological polar surface area (TPSA) is 105 Å². The summed E-state index contributed by atoms with van der Waals surface area (Å²) >= 11 is 0. The smallest absolute Gasteiger partial charge is 0.163 e. The van der Waals surface area contributed by atoms with Gasteiger partial charge in [0.15, 0.2) is 11.5 Å². The van der Waals surface area contributed by atoms with Crippen LogP contribution in [0.15, 0.2) is 73.2 Å². The largest absolute Gasteiger partial charge is 0.487 e. The summed E-state index contributed by atoms with van der Waals surface area (Å²) in [5.74, 6) is 1.83. The van der Waals surface area contributed by atoms with Gasteiger partial charge >= 0.3 is 0 Å². The lowest BCUT2D eigenvalue weighted by atomic mass is 9.88. The number of nitrogens with one attached hydrogen (secondary N) is 1. The highest BCUT2D eigenvalue weighted by Gasteiger charge is 2.23. The number of aryl methyl sites for hydroxylation is 1. The molecule has 2 aromatic heterocycles. The zero-order valence-corrected chi connectivity index (χ0v) is 23.8. The van der Waals surface area contributed by atoms with Gasteiger partial charge in [0.1, 0.15) is 31.1 Å². The second-order valence-corrected chi connectivity index (χ2v) is 10.1. The minimum atomic E-state index is 0.202. The Kier molecular flexibility index (Phi) is 8.53. The van der Waals surface area contributed by atoms with Crippen molar-refractivity contribution < 1.29 is 18.9 Å². The molecule has 10 heteroatoms. The first-order valence-electron chi connectivity index (χ1n) is 14.1. The summed E-state index contributed by atoms with van der Waals surface area (Å²) in [6.45, 7) is 1.69. The van der Waals surface area contributed by atoms with Crippen molar-refractivity contribution in [2.75, 3.05) is 46.0 Å². The van der Waals surface area contributed by atoms with E-state index in [2.05, 4.69) is 55.9 Å². The van der Waals surface area contributed by atoms with Crippen molar-refractivity contribution in [3.63, 3.8) is 0 Å². The number of ether oxygens (including phenoxy) is 4. The summed E-state index contributed by atoms with van der Waals surface area (Å²) in [5.41, 5.74) is 6.12. The third kappa shape index (κ3) is 6.05. The van der Waals surface area contributed by atoms with Crippen molar-refractivity contribution in [1.82, 2.24) is 25.0 Å². The van der Waals surface area contributed by atoms with Crippen LogP contribution in [0, 0.1) is 0 Å². The van der Waals surface area contributed by atoms with Crippen molar-refractivity contribution >= 4 is 22.4 Å². The number of aromatic nitrogens is 5. The maximum absolute atomic E-state index is 5.98. The van der Waals surface area contributed by atoms with Gasteiger partial charge in [0.25, 0.3) is 0 Å². The molecule has 1 aliphatic rings. The molecule has 1 N–H and O–H groups in total. The van der Waals surface area contributed by atoms with Gasteiger partial charge in [-0.25, -0.2) is 14.6 Å². The molecule has 0 saturated carbocycles. The minimum absolute atomic E-state index is 0.202. The van der Waals surface area contributed by atoms with Crippen LogP contribution < -0.4 is 14.8 Å². The van der Waals surface area contributed by atoms with Gasteiger partial charge < -0.3 is 24.3 Å². The van der Waals surface area contributed by atoms with Gasteiger partial charge in [-0.1, -0.05) is 41.6 Å². The van der Waals surface area contributed by atoms with Crippen molar-refractivity contribution in [3.8, 4) is 22.8 Å². The van der Waals surface area contributed by atoms with Crippen LogP contribution in [0.1, 0.15) is 30.0 Å². The summed E-state index contributed by atoms with van der Waals surface area (Å²) in [6.07, 6.45) is 6.89. The first-order chi connectivity index (χ1) is 20.7. The van der Waals surface area contributed by atoms with Crippen molar-refractivity contribution in [3.05, 3.63) is 84.3 Å². The summed E-state index contributed by atoms with van der Waals surface area (Å²) in [4.78, 5) is 9.01. The molecule has 10 nitrogen and oxygen atoms in total. The van der Waals surface area contributed by atoms with Crippen molar-refractivity contribution in [2.45, 2.75) is 25.3 Å². The van der Waals surface area contributed by atoms with E-state index in [4.69, 9.17) is 18.9 Å². The predicted molar refractivity (Wildman–Crippen MR) is 161 cm³/mol. The molecule has 42 heavy (non-hydrogen) atoms. The van der Waals surface area contributed by atoms with Gasteiger partial charge in [-0.05, 0) is 48.6 Å². The summed E-state index contributed by atoms with van der Waals surface area (Å²) in [7, 11) is 3.27. The molecule has 5 aromatic rings. The molecule has 6 rings (SSSR count). The number of anilines is 2. The molecule has 0 radical (unpaired) electrons. The minimum Gasteiger partial charge on any atom is -0.487 e. The highest BCUT2D eigenvalue weighted by Crippen LogP contribution is 2.36. The Hall–Kier alpha value is -4.54. The quantitative estimate of drug-likeness (QED) is 0.193. The molecule has 216 valence electrons. The van der Waals surface area contributed by atoms with Crippen LogP contribution in [0.5, 0.6) is 11.5 Å². The maximum Gasteiger partial charge on any atom is 0.163 e. The first-order valence-corrected chi connectivity index (χ1v) is 14.1. The van der Waals surface area contributed by atoms with E-state index in [0.29, 0.717) is 43.7 Å². The van der Waals surface area contributed by atoms with E-state index in [1.165, 1.54) is 17.5 Å². The number of hydrogen-bond acceptors (Lipinski definition) is 9. The second kappa shape index (κ2) is 13.0. The fourth-order valence-corrected chi connectivity index (χ4v) is 5.32. The van der Waals surface area contributed by atoms with Gasteiger partial charge in [-0.3, -0.25) is 0 Å². The van der Waals surface area contributed by atoms with E-state index in [9.17, 15) is 0 Å². The van der Waals surface area contributed by atoms with E-state index in [0.717, 1.165) is 47.1 Å². The van der Waals surface area contributed by atoms with Gasteiger partial charge in [0, 0.05) is 36.9 Å². The lowest BCUT2D eigenvalue weighted by Gasteiger charge is -2.25. The monoisotopic (exact) mass is 566 g/mol. The fourth-order valence-electron chi connectivity index (χ4n) is 5.32. The lowest BCUT2D eigenvalue weighted by molar-refractivity contribution is 0.132. The van der Waals surface area contributed by atoms with Crippen LogP contribution in [-0.4, -0.2) is 65.6 Å². The number of hydrogen-bond donors (Lipinski definition) is 1. The summed E-state index contributed by atoms with van der Waals surface area (Å²) in [5, 5.41) is 13.3. The molecule has 0 amide bonds. The Balaban J connectivity index is 1.26. The first kappa shape index (κ1) is 27.6. The van der Waals surface area contributed by atoms with Crippen LogP contribution in [0.2, 0.25) is 0 Å². The highest BCUT2D eigenvalue weighted by molar-refractivity contribution is 5.93. The van der Waals surface area contributed by atoms with Crippen LogP contribution in [0.25, 0.3) is 22.2 Å². The van der Waals surface area contributed by atoms with E-state index in [-0.39, 0.29) is 6.04 Å². The number of nitrogens with zero attached hydrogens (tertiary/aromatic N) is 5. The van der Waals surface area contributed by atoms with Crippen LogP contribution in [0.3, 0.4) is 0 Å². The molecule has 2 heterocycles. The Morgan fingerprint density at radius 3 is 2.52 bits per heavy atom. The number of rotatable bonds is 12. The van der Waals surface area contributed by atoms with E-state index in [1.807, 2.05) is 41.2 Å². The number of methoxy groups -OCH3 is 2. The van der Waals surface area contributed by atoms with Gasteiger partial charge in [0.05, 0.1) is 31.0 Å². The fraction of sp³-hybridized carbons (Fsp3) is 0.312. The second-order valence-electron chi connectivity index (χ2n) is 10.1. The molecule has 0 aliphatic heterocycles. The highest BCUT2D eigenvalue weighted by atomic mass is 16.5. The third-order valence-corrected chi connectivity index (χ3v) is 7.38. The molecular formula is C32H34N6O4. The van der Waals surface area contributed by atoms with Gasteiger partial charge in [-0.2, -0.15) is 0 Å². The Morgan fingerprint density at radius 1 is 0.881 bits per heavy atom. The zero-order chi connectivity index (χ0) is 28.7. The average Bonchev–Trinajstić information content (AvgIpc) is 3.52. The molecular weight excluding hydrogens is 532 g/mol.